The lowest BCUT2D eigenvalue weighted by atomic mass is 10.1. The highest BCUT2D eigenvalue weighted by atomic mass is 16.2. The Kier molecular flexibility index (Phi) is 5.27. The molecular weight excluding hydrogens is 202 g/mol. The molecule has 1 unspecified atom stereocenters. The number of nitriles is 1. The lowest BCUT2D eigenvalue weighted by molar-refractivity contribution is -0.128. The lowest BCUT2D eigenvalue weighted by Crippen LogP contribution is -2.38. The molecule has 4 nitrogen and oxygen atoms in total. The zero-order valence-corrected chi connectivity index (χ0v) is 10.3. The summed E-state index contributed by atoms with van der Waals surface area (Å²) in [6.45, 7) is 7.31. The first kappa shape index (κ1) is 13.0. The van der Waals surface area contributed by atoms with Gasteiger partial charge in [0.2, 0.25) is 5.91 Å². The molecular formula is C12H21N3O. The normalized spacial score (nSPS) is 19.9. The van der Waals surface area contributed by atoms with Crippen LogP contribution in [0.15, 0.2) is 0 Å². The highest BCUT2D eigenvalue weighted by Gasteiger charge is 2.21. The van der Waals surface area contributed by atoms with Gasteiger partial charge in [0.1, 0.15) is 0 Å². The first-order valence-electron chi connectivity index (χ1n) is 6.05. The second-order valence-corrected chi connectivity index (χ2v) is 4.32. The van der Waals surface area contributed by atoms with E-state index in [1.807, 2.05) is 4.90 Å². The van der Waals surface area contributed by atoms with Gasteiger partial charge in [-0.15, -0.1) is 0 Å². The summed E-state index contributed by atoms with van der Waals surface area (Å²) >= 11 is 0. The smallest absolute Gasteiger partial charge is 0.219 e. The molecule has 90 valence electrons. The highest BCUT2D eigenvalue weighted by Crippen LogP contribution is 2.12. The second-order valence-electron chi connectivity index (χ2n) is 4.32. The molecule has 1 rings (SSSR count). The Hall–Kier alpha value is -1.08. The van der Waals surface area contributed by atoms with Crippen LogP contribution in [0.25, 0.3) is 0 Å². The number of rotatable bonds is 3. The largest absolute Gasteiger partial charge is 0.342 e. The predicted octanol–water partition coefficient (Wildman–Crippen LogP) is 1.23. The summed E-state index contributed by atoms with van der Waals surface area (Å²) in [6.07, 6.45) is 2.62. The van der Waals surface area contributed by atoms with Crippen LogP contribution in [0.3, 0.4) is 0 Å². The molecule has 0 N–H and O–H groups in total. The SMILES string of the molecule is CCC(CC#N)N1CCCN(C(C)=O)CC1. The van der Waals surface area contributed by atoms with Crippen molar-refractivity contribution in [2.24, 2.45) is 0 Å². The Bertz CT molecular complexity index is 272. The zero-order valence-electron chi connectivity index (χ0n) is 10.3. The molecule has 0 aromatic heterocycles. The van der Waals surface area contributed by atoms with Gasteiger partial charge in [-0.2, -0.15) is 5.26 Å². The van der Waals surface area contributed by atoms with Gasteiger partial charge in [0.15, 0.2) is 0 Å². The van der Waals surface area contributed by atoms with Gasteiger partial charge < -0.3 is 4.90 Å². The van der Waals surface area contributed by atoms with E-state index in [4.69, 9.17) is 5.26 Å². The van der Waals surface area contributed by atoms with Crippen LogP contribution < -0.4 is 0 Å². The first-order chi connectivity index (χ1) is 7.69. The van der Waals surface area contributed by atoms with Crippen molar-refractivity contribution < 1.29 is 4.79 Å². The molecule has 0 spiro atoms. The molecule has 0 radical (unpaired) electrons. The molecule has 16 heavy (non-hydrogen) atoms. The maximum absolute atomic E-state index is 11.3. The van der Waals surface area contributed by atoms with Gasteiger partial charge in [-0.1, -0.05) is 6.92 Å². The molecule has 4 heteroatoms. The monoisotopic (exact) mass is 223 g/mol. The van der Waals surface area contributed by atoms with Crippen molar-refractivity contribution in [2.75, 3.05) is 26.2 Å². The number of hydrogen-bond donors (Lipinski definition) is 0. The van der Waals surface area contributed by atoms with Crippen LogP contribution in [-0.4, -0.2) is 47.9 Å². The van der Waals surface area contributed by atoms with E-state index in [1.54, 1.807) is 6.92 Å². The van der Waals surface area contributed by atoms with E-state index in [2.05, 4.69) is 17.9 Å². The molecule has 1 heterocycles. The van der Waals surface area contributed by atoms with Crippen LogP contribution in [0, 0.1) is 11.3 Å². The summed E-state index contributed by atoms with van der Waals surface area (Å²) in [5.74, 6) is 0.162. The van der Waals surface area contributed by atoms with Crippen LogP contribution in [0.1, 0.15) is 33.1 Å². The van der Waals surface area contributed by atoms with Crippen molar-refractivity contribution in [3.63, 3.8) is 0 Å². The van der Waals surface area contributed by atoms with E-state index < -0.39 is 0 Å². The molecule has 0 aromatic carbocycles. The molecule has 1 amide bonds. The van der Waals surface area contributed by atoms with Crippen molar-refractivity contribution in [1.82, 2.24) is 9.80 Å². The van der Waals surface area contributed by atoms with Crippen molar-refractivity contribution in [1.29, 1.82) is 5.26 Å². The van der Waals surface area contributed by atoms with Crippen molar-refractivity contribution >= 4 is 5.91 Å². The van der Waals surface area contributed by atoms with Crippen LogP contribution in [-0.2, 0) is 4.79 Å². The topological polar surface area (TPSA) is 47.3 Å². The predicted molar refractivity (Wildman–Crippen MR) is 62.8 cm³/mol. The van der Waals surface area contributed by atoms with Gasteiger partial charge in [-0.05, 0) is 12.8 Å². The number of carbonyl (C=O) groups excluding carboxylic acids is 1. The number of hydrogen-bond acceptors (Lipinski definition) is 3. The summed E-state index contributed by atoms with van der Waals surface area (Å²) in [7, 11) is 0. The van der Waals surface area contributed by atoms with E-state index in [-0.39, 0.29) is 5.91 Å². The summed E-state index contributed by atoms with van der Waals surface area (Å²) in [5, 5.41) is 8.77. The minimum Gasteiger partial charge on any atom is -0.342 e. The molecule has 1 aliphatic rings. The molecule has 1 aliphatic heterocycles. The fourth-order valence-corrected chi connectivity index (χ4v) is 2.25. The Morgan fingerprint density at radius 2 is 2.12 bits per heavy atom. The van der Waals surface area contributed by atoms with Gasteiger partial charge >= 0.3 is 0 Å². The molecule has 0 bridgehead atoms. The molecule has 0 aliphatic carbocycles. The van der Waals surface area contributed by atoms with Gasteiger partial charge in [-0.25, -0.2) is 0 Å². The van der Waals surface area contributed by atoms with Crippen LogP contribution in [0.5, 0.6) is 0 Å². The van der Waals surface area contributed by atoms with Crippen molar-refractivity contribution in [3.8, 4) is 6.07 Å². The summed E-state index contributed by atoms with van der Waals surface area (Å²) in [5.41, 5.74) is 0. The fraction of sp³-hybridized carbons (Fsp3) is 0.833. The van der Waals surface area contributed by atoms with Gasteiger partial charge in [-0.3, -0.25) is 9.69 Å². The van der Waals surface area contributed by atoms with E-state index in [0.717, 1.165) is 39.0 Å². The number of nitrogens with zero attached hydrogens (tertiary/aromatic N) is 3. The van der Waals surface area contributed by atoms with Gasteiger partial charge in [0.05, 0.1) is 12.5 Å². The summed E-state index contributed by atoms with van der Waals surface area (Å²) in [6, 6.07) is 2.61. The van der Waals surface area contributed by atoms with Crippen LogP contribution in [0.2, 0.25) is 0 Å². The lowest BCUT2D eigenvalue weighted by Gasteiger charge is -2.28. The Balaban J connectivity index is 2.52. The molecule has 0 saturated carbocycles. The van der Waals surface area contributed by atoms with Gasteiger partial charge in [0.25, 0.3) is 0 Å². The highest BCUT2D eigenvalue weighted by molar-refractivity contribution is 5.73. The van der Waals surface area contributed by atoms with E-state index in [0.29, 0.717) is 12.5 Å². The first-order valence-corrected chi connectivity index (χ1v) is 6.05. The molecule has 1 fully saturated rings. The Morgan fingerprint density at radius 3 is 2.69 bits per heavy atom. The van der Waals surface area contributed by atoms with Gasteiger partial charge in [0, 0.05) is 39.1 Å². The summed E-state index contributed by atoms with van der Waals surface area (Å²) < 4.78 is 0. The fourth-order valence-electron chi connectivity index (χ4n) is 2.25. The second kappa shape index (κ2) is 6.49. The summed E-state index contributed by atoms with van der Waals surface area (Å²) in [4.78, 5) is 15.5. The quantitative estimate of drug-likeness (QED) is 0.723. The third-order valence-corrected chi connectivity index (χ3v) is 3.29. The maximum atomic E-state index is 11.3. The van der Waals surface area contributed by atoms with Crippen molar-refractivity contribution in [2.45, 2.75) is 39.2 Å². The third-order valence-electron chi connectivity index (χ3n) is 3.29. The number of carbonyl (C=O) groups is 1. The maximum Gasteiger partial charge on any atom is 0.219 e. The molecule has 1 atom stereocenters. The van der Waals surface area contributed by atoms with Crippen LogP contribution >= 0.6 is 0 Å². The Morgan fingerprint density at radius 1 is 1.38 bits per heavy atom. The van der Waals surface area contributed by atoms with Crippen LogP contribution in [0.4, 0.5) is 0 Å². The number of amides is 1. The third kappa shape index (κ3) is 3.49. The minimum absolute atomic E-state index is 0.162. The minimum atomic E-state index is 0.162. The average molecular weight is 223 g/mol. The van der Waals surface area contributed by atoms with Crippen molar-refractivity contribution in [3.05, 3.63) is 0 Å². The van der Waals surface area contributed by atoms with E-state index >= 15 is 0 Å². The van der Waals surface area contributed by atoms with E-state index in [9.17, 15) is 4.79 Å². The molecule has 1 saturated heterocycles. The molecule has 0 aromatic rings. The zero-order chi connectivity index (χ0) is 12.0. The average Bonchev–Trinajstić information content (AvgIpc) is 2.51. The van der Waals surface area contributed by atoms with E-state index in [1.165, 1.54) is 0 Å². The standard InChI is InChI=1S/C12H21N3O/c1-3-12(5-6-13)15-8-4-7-14(9-10-15)11(2)16/h12H,3-5,7-10H2,1-2H3. The Labute approximate surface area is 97.8 Å².